The lowest BCUT2D eigenvalue weighted by molar-refractivity contribution is -0.0486. The highest BCUT2D eigenvalue weighted by Crippen LogP contribution is 2.34. The second kappa shape index (κ2) is 7.04. The number of hydrogen-bond acceptors (Lipinski definition) is 3. The fraction of sp³-hybridized carbons (Fsp3) is 0.625. The molecule has 1 aromatic rings. The quantitative estimate of drug-likeness (QED) is 0.585. The number of nitrogens with two attached hydrogens (primary N) is 1. The first-order valence-electron chi connectivity index (χ1n) is 7.15. The molecule has 0 saturated carbocycles. The van der Waals surface area contributed by atoms with Gasteiger partial charge in [0, 0.05) is 7.11 Å². The van der Waals surface area contributed by atoms with Gasteiger partial charge in [-0.15, -0.1) is 0 Å². The van der Waals surface area contributed by atoms with Crippen molar-refractivity contribution >= 4 is 0 Å². The maximum atomic E-state index is 5.79. The zero-order valence-corrected chi connectivity index (χ0v) is 12.9. The topological polar surface area (TPSA) is 47.3 Å². The van der Waals surface area contributed by atoms with Gasteiger partial charge in [0.1, 0.15) is 0 Å². The van der Waals surface area contributed by atoms with E-state index >= 15 is 0 Å². The van der Waals surface area contributed by atoms with E-state index in [4.69, 9.17) is 10.6 Å². The molecule has 0 bridgehead atoms. The molecule has 0 saturated heterocycles. The van der Waals surface area contributed by atoms with Crippen molar-refractivity contribution in [3.63, 3.8) is 0 Å². The van der Waals surface area contributed by atoms with E-state index in [1.54, 1.807) is 7.11 Å². The lowest BCUT2D eigenvalue weighted by atomic mass is 9.83. The van der Waals surface area contributed by atoms with Crippen LogP contribution < -0.4 is 11.3 Å². The Morgan fingerprint density at radius 1 is 1.11 bits per heavy atom. The average molecular weight is 264 g/mol. The van der Waals surface area contributed by atoms with Crippen molar-refractivity contribution in [2.75, 3.05) is 7.11 Å². The summed E-state index contributed by atoms with van der Waals surface area (Å²) in [6, 6.07) is 8.66. The van der Waals surface area contributed by atoms with E-state index in [0.29, 0.717) is 5.92 Å². The summed E-state index contributed by atoms with van der Waals surface area (Å²) in [5, 5.41) is 0. The van der Waals surface area contributed by atoms with Crippen LogP contribution >= 0.6 is 0 Å². The van der Waals surface area contributed by atoms with Gasteiger partial charge < -0.3 is 4.74 Å². The summed E-state index contributed by atoms with van der Waals surface area (Å²) in [5.41, 5.74) is 5.20. The van der Waals surface area contributed by atoms with Crippen molar-refractivity contribution in [2.45, 2.75) is 58.1 Å². The van der Waals surface area contributed by atoms with Gasteiger partial charge in [-0.2, -0.15) is 0 Å². The van der Waals surface area contributed by atoms with Gasteiger partial charge in [0.05, 0.1) is 11.6 Å². The number of rotatable bonds is 7. The molecule has 0 fully saturated rings. The van der Waals surface area contributed by atoms with Gasteiger partial charge in [-0.1, -0.05) is 52.0 Å². The Morgan fingerprint density at radius 2 is 1.58 bits per heavy atom. The standard InChI is InChI=1S/C16H28N2O/c1-6-16(7-2,19-5)15(18-17)14-10-8-13(9-11-14)12(3)4/h8-12,15,18H,6-7,17H2,1-5H3. The van der Waals surface area contributed by atoms with E-state index in [1.165, 1.54) is 11.1 Å². The van der Waals surface area contributed by atoms with E-state index < -0.39 is 0 Å². The lowest BCUT2D eigenvalue weighted by Gasteiger charge is -2.38. The molecule has 0 radical (unpaired) electrons. The Morgan fingerprint density at radius 3 is 1.89 bits per heavy atom. The molecule has 0 aliphatic heterocycles. The summed E-state index contributed by atoms with van der Waals surface area (Å²) >= 11 is 0. The van der Waals surface area contributed by atoms with Crippen molar-refractivity contribution in [2.24, 2.45) is 5.84 Å². The largest absolute Gasteiger partial charge is 0.376 e. The molecule has 3 N–H and O–H groups in total. The Balaban J connectivity index is 3.08. The predicted molar refractivity (Wildman–Crippen MR) is 80.9 cm³/mol. The Bertz CT molecular complexity index is 361. The van der Waals surface area contributed by atoms with Crippen LogP contribution in [0.5, 0.6) is 0 Å². The first-order chi connectivity index (χ1) is 9.04. The van der Waals surface area contributed by atoms with E-state index in [2.05, 4.69) is 57.4 Å². The molecule has 3 nitrogen and oxygen atoms in total. The smallest absolute Gasteiger partial charge is 0.0880 e. The van der Waals surface area contributed by atoms with Crippen LogP contribution in [0.1, 0.15) is 63.6 Å². The van der Waals surface area contributed by atoms with Gasteiger partial charge >= 0.3 is 0 Å². The number of hydrazine groups is 1. The third-order valence-electron chi connectivity index (χ3n) is 4.23. The minimum absolute atomic E-state index is 0.00807. The van der Waals surface area contributed by atoms with E-state index in [0.717, 1.165) is 12.8 Å². The van der Waals surface area contributed by atoms with Gasteiger partial charge in [-0.3, -0.25) is 11.3 Å². The van der Waals surface area contributed by atoms with Crippen LogP contribution in [-0.4, -0.2) is 12.7 Å². The summed E-state index contributed by atoms with van der Waals surface area (Å²) < 4.78 is 5.78. The van der Waals surface area contributed by atoms with E-state index in [1.807, 2.05) is 0 Å². The van der Waals surface area contributed by atoms with Crippen molar-refractivity contribution in [1.29, 1.82) is 0 Å². The molecule has 108 valence electrons. The molecule has 0 spiro atoms. The minimum Gasteiger partial charge on any atom is -0.376 e. The molecule has 3 heteroatoms. The van der Waals surface area contributed by atoms with Crippen LogP contribution in [0.3, 0.4) is 0 Å². The molecule has 1 rings (SSSR count). The third kappa shape index (κ3) is 3.35. The van der Waals surface area contributed by atoms with Gasteiger partial charge in [0.15, 0.2) is 0 Å². The minimum atomic E-state index is -0.256. The number of hydrogen-bond donors (Lipinski definition) is 2. The van der Waals surface area contributed by atoms with Crippen molar-refractivity contribution < 1.29 is 4.74 Å². The average Bonchev–Trinajstić information content (AvgIpc) is 2.45. The molecule has 1 aromatic carbocycles. The van der Waals surface area contributed by atoms with E-state index in [9.17, 15) is 0 Å². The Kier molecular flexibility index (Phi) is 5.98. The van der Waals surface area contributed by atoms with Crippen molar-refractivity contribution in [3.8, 4) is 0 Å². The second-order valence-electron chi connectivity index (χ2n) is 5.40. The first-order valence-corrected chi connectivity index (χ1v) is 7.15. The molecule has 0 aliphatic rings. The van der Waals surface area contributed by atoms with E-state index in [-0.39, 0.29) is 11.6 Å². The summed E-state index contributed by atoms with van der Waals surface area (Å²) in [7, 11) is 1.76. The Hall–Kier alpha value is -0.900. The predicted octanol–water partition coefficient (Wildman–Crippen LogP) is 3.52. The molecule has 0 aliphatic carbocycles. The summed E-state index contributed by atoms with van der Waals surface area (Å²) in [6.07, 6.45) is 1.83. The van der Waals surface area contributed by atoms with Gasteiger partial charge in [0.25, 0.3) is 0 Å². The number of methoxy groups -OCH3 is 1. The van der Waals surface area contributed by atoms with Crippen LogP contribution in [0.2, 0.25) is 0 Å². The number of ether oxygens (including phenoxy) is 1. The highest BCUT2D eigenvalue weighted by atomic mass is 16.5. The first kappa shape index (κ1) is 16.2. The molecule has 0 aromatic heterocycles. The normalized spacial score (nSPS) is 13.8. The zero-order valence-electron chi connectivity index (χ0n) is 12.9. The third-order valence-corrected chi connectivity index (χ3v) is 4.23. The van der Waals surface area contributed by atoms with Gasteiger partial charge in [-0.05, 0) is 29.9 Å². The molecular weight excluding hydrogens is 236 g/mol. The molecule has 19 heavy (non-hydrogen) atoms. The maximum Gasteiger partial charge on any atom is 0.0880 e. The van der Waals surface area contributed by atoms with Crippen molar-refractivity contribution in [3.05, 3.63) is 35.4 Å². The molecular formula is C16H28N2O. The molecule has 0 amide bonds. The molecule has 1 atom stereocenters. The number of benzene rings is 1. The monoisotopic (exact) mass is 264 g/mol. The number of nitrogens with one attached hydrogen (secondary N) is 1. The highest BCUT2D eigenvalue weighted by Gasteiger charge is 2.36. The highest BCUT2D eigenvalue weighted by molar-refractivity contribution is 5.28. The zero-order chi connectivity index (χ0) is 14.5. The summed E-state index contributed by atoms with van der Waals surface area (Å²) in [6.45, 7) is 8.68. The molecule has 0 heterocycles. The van der Waals surface area contributed by atoms with Gasteiger partial charge in [-0.25, -0.2) is 0 Å². The Labute approximate surface area is 117 Å². The van der Waals surface area contributed by atoms with Crippen LogP contribution in [0.15, 0.2) is 24.3 Å². The second-order valence-corrected chi connectivity index (χ2v) is 5.40. The van der Waals surface area contributed by atoms with Crippen LogP contribution in [-0.2, 0) is 4.74 Å². The van der Waals surface area contributed by atoms with Crippen LogP contribution in [0, 0.1) is 0 Å². The van der Waals surface area contributed by atoms with Crippen LogP contribution in [0.25, 0.3) is 0 Å². The summed E-state index contributed by atoms with van der Waals surface area (Å²) in [4.78, 5) is 0. The van der Waals surface area contributed by atoms with Crippen molar-refractivity contribution in [1.82, 2.24) is 5.43 Å². The summed E-state index contributed by atoms with van der Waals surface area (Å²) in [5.74, 6) is 6.33. The molecule has 1 unspecified atom stereocenters. The van der Waals surface area contributed by atoms with Crippen LogP contribution in [0.4, 0.5) is 0 Å². The SMILES string of the molecule is CCC(CC)(OC)C(NN)c1ccc(C(C)C)cc1. The van der Waals surface area contributed by atoms with Gasteiger partial charge in [0.2, 0.25) is 0 Å². The maximum absolute atomic E-state index is 5.79. The lowest BCUT2D eigenvalue weighted by Crippen LogP contribution is -2.47. The fourth-order valence-corrected chi connectivity index (χ4v) is 2.69. The fourth-order valence-electron chi connectivity index (χ4n) is 2.69.